The Morgan fingerprint density at radius 1 is 0.455 bits per heavy atom. The summed E-state index contributed by atoms with van der Waals surface area (Å²) in [5, 5.41) is 7.80. The Morgan fingerprint density at radius 2 is 0.782 bits per heavy atom. The maximum Gasteiger partial charge on any atom is 0.326 e. The molecule has 4 aliphatic heterocycles. The molecule has 536 valence electrons. The zero-order chi connectivity index (χ0) is 72.1. The lowest BCUT2D eigenvalue weighted by molar-refractivity contribution is -0.139. The first-order chi connectivity index (χ1) is 48.4. The molecule has 6 aromatic rings. The third-order valence-corrected chi connectivity index (χ3v) is 18.9. The molecule has 2 N–H and O–H groups in total. The van der Waals surface area contributed by atoms with E-state index in [1.54, 1.807) is 58.3 Å². The van der Waals surface area contributed by atoms with Crippen LogP contribution in [0.1, 0.15) is 124 Å². The minimum atomic E-state index is -0.650. The van der Waals surface area contributed by atoms with E-state index in [4.69, 9.17) is 80.1 Å². The highest BCUT2D eigenvalue weighted by Gasteiger charge is 2.48. The first-order valence-corrected chi connectivity index (χ1v) is 35.6. The summed E-state index contributed by atoms with van der Waals surface area (Å²) in [4.78, 5) is 104. The summed E-state index contributed by atoms with van der Waals surface area (Å²) in [5.74, 6) is 0.423. The van der Waals surface area contributed by atoms with Gasteiger partial charge in [0.2, 0.25) is 23.6 Å². The first-order valence-electron chi connectivity index (χ1n) is 34.1. The molecule has 6 aromatic carbocycles. The lowest BCUT2D eigenvalue weighted by atomic mass is 9.86. The van der Waals surface area contributed by atoms with Gasteiger partial charge in [0.05, 0.1) is 89.2 Å². The van der Waals surface area contributed by atoms with Gasteiger partial charge in [0.15, 0.2) is 0 Å². The van der Waals surface area contributed by atoms with Crippen LogP contribution in [0.4, 0.5) is 9.59 Å². The minimum absolute atomic E-state index is 0.125. The number of carbonyl (C=O) groups excluding carboxylic acids is 6. The van der Waals surface area contributed by atoms with Gasteiger partial charge < -0.3 is 53.9 Å². The molecule has 0 bridgehead atoms. The van der Waals surface area contributed by atoms with E-state index in [0.717, 1.165) is 33.4 Å². The Labute approximate surface area is 610 Å². The molecule has 8 amide bonds. The molecule has 0 aromatic heterocycles. The van der Waals surface area contributed by atoms with E-state index in [-0.39, 0.29) is 140 Å². The van der Waals surface area contributed by atoms with Gasteiger partial charge in [-0.2, -0.15) is 0 Å². The van der Waals surface area contributed by atoms with Gasteiger partial charge in [-0.1, -0.05) is 149 Å². The molecule has 0 unspecified atom stereocenters. The van der Waals surface area contributed by atoms with E-state index in [0.29, 0.717) is 67.6 Å². The van der Waals surface area contributed by atoms with Crippen molar-refractivity contribution < 1.29 is 52.5 Å². The minimum Gasteiger partial charge on any atom is -0.493 e. The van der Waals surface area contributed by atoms with Gasteiger partial charge in [-0.25, -0.2) is 9.59 Å². The summed E-state index contributed by atoms with van der Waals surface area (Å²) in [5.41, 5.74) is 6.17. The third kappa shape index (κ3) is 18.9. The van der Waals surface area contributed by atoms with Gasteiger partial charge in [0, 0.05) is 59.4 Å². The second-order valence-electron chi connectivity index (χ2n) is 27.0. The van der Waals surface area contributed by atoms with E-state index < -0.39 is 36.2 Å². The van der Waals surface area contributed by atoms with Crippen LogP contribution >= 0.6 is 46.4 Å². The van der Waals surface area contributed by atoms with Gasteiger partial charge in [-0.05, 0) is 131 Å². The summed E-state index contributed by atoms with van der Waals surface area (Å²) < 4.78 is 29.5. The van der Waals surface area contributed by atoms with E-state index in [9.17, 15) is 19.2 Å². The molecule has 101 heavy (non-hydrogen) atoms. The fourth-order valence-corrected chi connectivity index (χ4v) is 13.0. The van der Waals surface area contributed by atoms with Crippen LogP contribution in [0, 0.1) is 0 Å². The van der Waals surface area contributed by atoms with Crippen LogP contribution in [0.3, 0.4) is 0 Å². The molecule has 0 aliphatic carbocycles. The van der Waals surface area contributed by atoms with Crippen molar-refractivity contribution in [3.8, 4) is 11.5 Å². The van der Waals surface area contributed by atoms with Crippen LogP contribution < -0.4 is 20.1 Å². The fourth-order valence-electron chi connectivity index (χ4n) is 12.5. The predicted octanol–water partition coefficient (Wildman–Crippen LogP) is 12.3. The van der Waals surface area contributed by atoms with Crippen LogP contribution in [0.5, 0.6) is 11.5 Å². The van der Waals surface area contributed by atoms with Crippen LogP contribution in [-0.2, 0) is 44.2 Å². The average Bonchev–Trinajstić information content (AvgIpc) is 1.61. The Balaban J connectivity index is 0.637. The number of amides is 8. The number of urea groups is 2. The SMILES string of the molecule is CCOc1cc(C(C)(C)C)ccc1C1=N[C@@H](c2ccc(Cl)cc2)[C@@H](c2ccc(Cl)cc2)N1C(=O)N1CCN(CC(=O)NCCOCCOCCOCCNC(=O)CN2CCN(C(=O)N3C(c4ccc(C(C)(C)C)cc4OCC)=N[C@H](c4ccc(Cl)cc4)[C@@H]3c3ccc(Cl)cc3)CC2=O)C(=O)C1. The van der Waals surface area contributed by atoms with Crippen molar-refractivity contribution in [2.45, 2.75) is 90.4 Å². The van der Waals surface area contributed by atoms with E-state index >= 15 is 9.59 Å². The van der Waals surface area contributed by atoms with E-state index in [1.807, 2.05) is 98.8 Å². The number of rotatable bonds is 26. The van der Waals surface area contributed by atoms with Crippen molar-refractivity contribution in [3.05, 3.63) is 198 Å². The number of aliphatic imine (C=N–C) groups is 2. The van der Waals surface area contributed by atoms with Crippen LogP contribution in [0.2, 0.25) is 20.1 Å². The summed E-state index contributed by atoms with van der Waals surface area (Å²) >= 11 is 25.6. The molecule has 4 aliphatic rings. The highest BCUT2D eigenvalue weighted by Crippen LogP contribution is 2.48. The number of nitrogens with one attached hydrogen (secondary N) is 2. The monoisotopic (exact) mass is 1460 g/mol. The second kappa shape index (κ2) is 34.1. The molecule has 0 saturated carbocycles. The third-order valence-electron chi connectivity index (χ3n) is 17.9. The summed E-state index contributed by atoms with van der Waals surface area (Å²) in [6.07, 6.45) is 0. The molecule has 0 spiro atoms. The molecular formula is C76H88Cl4N10O11. The molecule has 25 heteroatoms. The molecule has 10 rings (SSSR count). The number of benzene rings is 6. The van der Waals surface area contributed by atoms with Crippen molar-refractivity contribution in [1.29, 1.82) is 0 Å². The summed E-state index contributed by atoms with van der Waals surface area (Å²) in [7, 11) is 0. The first kappa shape index (κ1) is 75.4. The van der Waals surface area contributed by atoms with E-state index in [1.165, 1.54) is 19.6 Å². The molecule has 2 fully saturated rings. The predicted molar refractivity (Wildman–Crippen MR) is 392 cm³/mol. The Bertz CT molecular complexity index is 3730. The summed E-state index contributed by atoms with van der Waals surface area (Å²) in [6.45, 7) is 18.8. The highest BCUT2D eigenvalue weighted by molar-refractivity contribution is 6.31. The standard InChI is InChI=1S/C76H88Cl4N10O11/c1-9-100-61-43-53(75(3,4)5)19-29-59(61)71-83-67(49-11-21-55(77)22-12-49)69(51-15-25-57(79)26-16-51)89(71)73(95)87-35-33-85(65(93)47-87)45-63(91)81-31-37-97-39-41-99-42-40-98-38-32-82-64(92)46-86-34-36-88(48-66(86)94)74(96)90-70(52-17-27-58(80)28-18-52)68(50-13-23-56(78)24-14-50)84-72(90)60-30-20-54(76(6,7)8)44-62(60)101-10-2/h11-30,43-44,67-70H,9-10,31-42,45-48H2,1-8H3,(H,81,91)(H,82,92)/t67-,68+,69+,70-. The van der Waals surface area contributed by atoms with Gasteiger partial charge in [0.1, 0.15) is 48.3 Å². The molecule has 21 nitrogen and oxygen atoms in total. The van der Waals surface area contributed by atoms with Crippen molar-refractivity contribution >= 4 is 93.8 Å². The van der Waals surface area contributed by atoms with Crippen LogP contribution in [0.25, 0.3) is 0 Å². The number of amidine groups is 2. The van der Waals surface area contributed by atoms with Crippen molar-refractivity contribution in [1.82, 2.24) is 40.0 Å². The topological polar surface area (TPSA) is 217 Å². The zero-order valence-corrected chi connectivity index (χ0v) is 61.3. The Morgan fingerprint density at radius 3 is 1.10 bits per heavy atom. The zero-order valence-electron chi connectivity index (χ0n) is 58.3. The fraction of sp³-hybridized carbons (Fsp3) is 0.421. The average molecular weight is 1460 g/mol. The number of ether oxygens (including phenoxy) is 5. The molecule has 2 saturated heterocycles. The normalized spacial score (nSPS) is 18.1. The Kier molecular flexibility index (Phi) is 25.5. The molecule has 4 atom stereocenters. The van der Waals surface area contributed by atoms with Gasteiger partial charge in [-0.15, -0.1) is 0 Å². The van der Waals surface area contributed by atoms with Gasteiger partial charge >= 0.3 is 12.1 Å². The number of nitrogens with zero attached hydrogens (tertiary/aromatic N) is 8. The number of hydrogen-bond acceptors (Lipinski definition) is 13. The van der Waals surface area contributed by atoms with Crippen molar-refractivity contribution in [2.24, 2.45) is 9.98 Å². The maximum atomic E-state index is 15.2. The number of hydrogen-bond donors (Lipinski definition) is 2. The Hall–Kier alpha value is -8.28. The van der Waals surface area contributed by atoms with Crippen molar-refractivity contribution in [3.63, 3.8) is 0 Å². The highest BCUT2D eigenvalue weighted by atomic mass is 35.5. The largest absolute Gasteiger partial charge is 0.493 e. The van der Waals surface area contributed by atoms with Crippen LogP contribution in [0.15, 0.2) is 143 Å². The molecular weight excluding hydrogens is 1370 g/mol. The quantitative estimate of drug-likeness (QED) is 0.0487. The lowest BCUT2D eigenvalue weighted by Crippen LogP contribution is -2.57. The lowest BCUT2D eigenvalue weighted by Gasteiger charge is -2.38. The maximum absolute atomic E-state index is 15.2. The van der Waals surface area contributed by atoms with E-state index in [2.05, 4.69) is 52.2 Å². The van der Waals surface area contributed by atoms with Crippen molar-refractivity contribution in [2.75, 3.05) is 118 Å². The molecule has 0 radical (unpaired) electrons. The van der Waals surface area contributed by atoms with Crippen LogP contribution in [-0.4, -0.2) is 195 Å². The molecule has 4 heterocycles. The second-order valence-corrected chi connectivity index (χ2v) is 28.7. The van der Waals surface area contributed by atoms with Gasteiger partial charge in [0.25, 0.3) is 0 Å². The number of halogens is 4. The smallest absolute Gasteiger partial charge is 0.326 e. The number of piperazine rings is 2. The number of carbonyl (C=O) groups is 6. The van der Waals surface area contributed by atoms with Gasteiger partial charge in [-0.3, -0.25) is 39.0 Å². The summed E-state index contributed by atoms with van der Waals surface area (Å²) in [6, 6.07) is 38.0.